The van der Waals surface area contributed by atoms with Gasteiger partial charge >= 0.3 is 0 Å². The van der Waals surface area contributed by atoms with Crippen molar-refractivity contribution in [1.82, 2.24) is 9.80 Å². The summed E-state index contributed by atoms with van der Waals surface area (Å²) in [5.74, 6) is 0.267. The van der Waals surface area contributed by atoms with Crippen LogP contribution in [0.15, 0.2) is 0 Å². The molecule has 0 aromatic rings. The number of carbonyl (C=O) groups is 1. The van der Waals surface area contributed by atoms with E-state index in [4.69, 9.17) is 5.73 Å². The number of amides is 1. The Bertz CT molecular complexity index is 228. The van der Waals surface area contributed by atoms with Gasteiger partial charge < -0.3 is 15.5 Å². The van der Waals surface area contributed by atoms with Crippen molar-refractivity contribution in [3.63, 3.8) is 0 Å². The van der Waals surface area contributed by atoms with Gasteiger partial charge in [-0.3, -0.25) is 4.79 Å². The van der Waals surface area contributed by atoms with Crippen molar-refractivity contribution in [2.45, 2.75) is 44.7 Å². The summed E-state index contributed by atoms with van der Waals surface area (Å²) in [6.45, 7) is 3.75. The van der Waals surface area contributed by atoms with E-state index in [9.17, 15) is 4.79 Å². The van der Waals surface area contributed by atoms with Crippen molar-refractivity contribution in [2.75, 3.05) is 27.2 Å². The molecule has 1 heterocycles. The van der Waals surface area contributed by atoms with Crippen LogP contribution in [0.5, 0.6) is 0 Å². The van der Waals surface area contributed by atoms with Gasteiger partial charge in [0.1, 0.15) is 0 Å². The molecule has 2 unspecified atom stereocenters. The zero-order valence-corrected chi connectivity index (χ0v) is 10.8. The third-order valence-corrected chi connectivity index (χ3v) is 3.29. The second-order valence-corrected chi connectivity index (χ2v) is 5.12. The minimum atomic E-state index is 0.124. The zero-order valence-electron chi connectivity index (χ0n) is 10.8. The van der Waals surface area contributed by atoms with Crippen LogP contribution in [0, 0.1) is 0 Å². The van der Waals surface area contributed by atoms with E-state index in [1.54, 1.807) is 0 Å². The Morgan fingerprint density at radius 3 is 2.81 bits per heavy atom. The number of nitrogens with two attached hydrogens (primary N) is 1. The fourth-order valence-corrected chi connectivity index (χ4v) is 2.11. The van der Waals surface area contributed by atoms with Gasteiger partial charge in [0.15, 0.2) is 0 Å². The highest BCUT2D eigenvalue weighted by molar-refractivity contribution is 5.76. The first-order valence-electron chi connectivity index (χ1n) is 6.20. The van der Waals surface area contributed by atoms with Crippen molar-refractivity contribution in [3.05, 3.63) is 0 Å². The van der Waals surface area contributed by atoms with Crippen LogP contribution in [0.1, 0.15) is 32.6 Å². The maximum atomic E-state index is 11.9. The zero-order chi connectivity index (χ0) is 12.1. The Balaban J connectivity index is 2.38. The maximum Gasteiger partial charge on any atom is 0.222 e. The van der Waals surface area contributed by atoms with Crippen molar-refractivity contribution in [1.29, 1.82) is 0 Å². The maximum absolute atomic E-state index is 11.9. The number of piperidine rings is 1. The van der Waals surface area contributed by atoms with E-state index in [0.29, 0.717) is 12.5 Å². The molecule has 0 aromatic heterocycles. The molecule has 0 saturated carbocycles. The Hall–Kier alpha value is -0.610. The molecule has 0 aromatic carbocycles. The Morgan fingerprint density at radius 2 is 2.25 bits per heavy atom. The summed E-state index contributed by atoms with van der Waals surface area (Å²) >= 11 is 0. The van der Waals surface area contributed by atoms with Crippen molar-refractivity contribution >= 4 is 5.91 Å². The van der Waals surface area contributed by atoms with E-state index >= 15 is 0 Å². The quantitative estimate of drug-likeness (QED) is 0.768. The normalized spacial score (nSPS) is 23.6. The highest BCUT2D eigenvalue weighted by Gasteiger charge is 2.24. The molecule has 0 radical (unpaired) electrons. The summed E-state index contributed by atoms with van der Waals surface area (Å²) in [6, 6.07) is 0.645. The van der Waals surface area contributed by atoms with Gasteiger partial charge in [0.2, 0.25) is 5.91 Å². The molecule has 1 fully saturated rings. The number of likely N-dealkylation sites (tertiary alicyclic amines) is 1. The van der Waals surface area contributed by atoms with Gasteiger partial charge in [-0.1, -0.05) is 0 Å². The average Bonchev–Trinajstić information content (AvgIpc) is 2.26. The molecule has 0 aliphatic carbocycles. The first-order valence-corrected chi connectivity index (χ1v) is 6.20. The number of carbonyl (C=O) groups excluding carboxylic acids is 1. The topological polar surface area (TPSA) is 49.6 Å². The van der Waals surface area contributed by atoms with Gasteiger partial charge in [0.05, 0.1) is 0 Å². The molecule has 4 nitrogen and oxygen atoms in total. The Labute approximate surface area is 98.8 Å². The summed E-state index contributed by atoms with van der Waals surface area (Å²) < 4.78 is 0. The Kier molecular flexibility index (Phi) is 5.22. The smallest absolute Gasteiger partial charge is 0.222 e. The molecule has 16 heavy (non-hydrogen) atoms. The highest BCUT2D eigenvalue weighted by Crippen LogP contribution is 2.15. The Morgan fingerprint density at radius 1 is 1.56 bits per heavy atom. The van der Waals surface area contributed by atoms with Crippen LogP contribution in [0.3, 0.4) is 0 Å². The predicted molar refractivity (Wildman–Crippen MR) is 66.2 cm³/mol. The molecular weight excluding hydrogens is 202 g/mol. The van der Waals surface area contributed by atoms with E-state index in [1.165, 1.54) is 6.42 Å². The standard InChI is InChI=1S/C12H25N3O/c1-10(13)6-7-12(16)15-8-4-5-11(9-15)14(2)3/h10-11H,4-9,13H2,1-3H3. The number of likely N-dealkylation sites (N-methyl/N-ethyl adjacent to an activating group) is 1. The number of hydrogen-bond acceptors (Lipinski definition) is 3. The molecule has 0 bridgehead atoms. The van der Waals surface area contributed by atoms with Gasteiger partial charge in [0, 0.05) is 31.6 Å². The third-order valence-electron chi connectivity index (χ3n) is 3.29. The lowest BCUT2D eigenvalue weighted by Crippen LogP contribution is -2.47. The largest absolute Gasteiger partial charge is 0.341 e. The summed E-state index contributed by atoms with van der Waals surface area (Å²) in [5.41, 5.74) is 5.67. The van der Waals surface area contributed by atoms with E-state index < -0.39 is 0 Å². The molecule has 2 atom stereocenters. The molecule has 1 amide bonds. The molecule has 4 heteroatoms. The third kappa shape index (κ3) is 4.10. The van der Waals surface area contributed by atoms with Crippen LogP contribution in [0.4, 0.5) is 0 Å². The lowest BCUT2D eigenvalue weighted by Gasteiger charge is -2.36. The van der Waals surface area contributed by atoms with Crippen LogP contribution in [-0.2, 0) is 4.79 Å². The number of rotatable bonds is 4. The first kappa shape index (κ1) is 13.5. The van der Waals surface area contributed by atoms with Gasteiger partial charge in [-0.2, -0.15) is 0 Å². The van der Waals surface area contributed by atoms with E-state index in [0.717, 1.165) is 25.9 Å². The minimum absolute atomic E-state index is 0.124. The number of nitrogens with zero attached hydrogens (tertiary/aromatic N) is 2. The monoisotopic (exact) mass is 227 g/mol. The van der Waals surface area contributed by atoms with E-state index in [1.807, 2.05) is 11.8 Å². The fourth-order valence-electron chi connectivity index (χ4n) is 2.11. The molecule has 1 aliphatic rings. The van der Waals surface area contributed by atoms with Crippen molar-refractivity contribution in [3.8, 4) is 0 Å². The average molecular weight is 227 g/mol. The second-order valence-electron chi connectivity index (χ2n) is 5.12. The predicted octanol–water partition coefficient (Wildman–Crippen LogP) is 0.666. The number of hydrogen-bond donors (Lipinski definition) is 1. The SMILES string of the molecule is CC(N)CCC(=O)N1CCCC(N(C)C)C1. The lowest BCUT2D eigenvalue weighted by molar-refractivity contribution is -0.133. The molecule has 1 aliphatic heterocycles. The van der Waals surface area contributed by atoms with Crippen LogP contribution in [-0.4, -0.2) is 55.0 Å². The molecule has 2 N–H and O–H groups in total. The molecule has 94 valence electrons. The van der Waals surface area contributed by atoms with Crippen LogP contribution < -0.4 is 5.73 Å². The fraction of sp³-hybridized carbons (Fsp3) is 0.917. The highest BCUT2D eigenvalue weighted by atomic mass is 16.2. The molecular formula is C12H25N3O. The second kappa shape index (κ2) is 6.21. The van der Waals surface area contributed by atoms with Crippen molar-refractivity contribution < 1.29 is 4.79 Å². The molecule has 0 spiro atoms. The first-order chi connectivity index (χ1) is 7.50. The summed E-state index contributed by atoms with van der Waals surface area (Å²) in [5, 5.41) is 0. The molecule has 1 rings (SSSR count). The molecule has 1 saturated heterocycles. The van der Waals surface area contributed by atoms with Gasteiger partial charge in [-0.15, -0.1) is 0 Å². The van der Waals surface area contributed by atoms with Gasteiger partial charge in [-0.25, -0.2) is 0 Å². The van der Waals surface area contributed by atoms with Crippen LogP contribution >= 0.6 is 0 Å². The lowest BCUT2D eigenvalue weighted by atomic mass is 10.0. The van der Waals surface area contributed by atoms with E-state index in [2.05, 4.69) is 19.0 Å². The minimum Gasteiger partial charge on any atom is -0.341 e. The summed E-state index contributed by atoms with van der Waals surface area (Å²) in [4.78, 5) is 16.1. The van der Waals surface area contributed by atoms with Gasteiger partial charge in [0.25, 0.3) is 0 Å². The van der Waals surface area contributed by atoms with Gasteiger partial charge in [-0.05, 0) is 40.3 Å². The van der Waals surface area contributed by atoms with Crippen LogP contribution in [0.25, 0.3) is 0 Å². The van der Waals surface area contributed by atoms with Crippen molar-refractivity contribution in [2.24, 2.45) is 5.73 Å². The van der Waals surface area contributed by atoms with E-state index in [-0.39, 0.29) is 11.9 Å². The summed E-state index contributed by atoms with van der Waals surface area (Å²) in [6.07, 6.45) is 3.70. The van der Waals surface area contributed by atoms with Crippen LogP contribution in [0.2, 0.25) is 0 Å². The summed E-state index contributed by atoms with van der Waals surface area (Å²) in [7, 11) is 4.17.